The van der Waals surface area contributed by atoms with E-state index in [-0.39, 0.29) is 12.1 Å². The first-order chi connectivity index (χ1) is 5.79. The molecule has 2 rings (SSSR count). The van der Waals surface area contributed by atoms with Crippen molar-refractivity contribution in [2.45, 2.75) is 43.8 Å². The molecule has 70 valence electrons. The average molecular weight is 169 g/mol. The Hall–Kier alpha value is -0.120. The molecule has 3 heteroatoms. The Kier molecular flexibility index (Phi) is 2.35. The molecule has 0 aromatic heterocycles. The Morgan fingerprint density at radius 3 is 2.75 bits per heavy atom. The normalized spacial score (nSPS) is 48.5. The van der Waals surface area contributed by atoms with Crippen LogP contribution in [0.3, 0.4) is 0 Å². The number of piperidine rings is 1. The van der Waals surface area contributed by atoms with Crippen molar-refractivity contribution in [1.29, 1.82) is 0 Å². The minimum atomic E-state index is 0.233. The van der Waals surface area contributed by atoms with Crippen molar-refractivity contribution >= 4 is 0 Å². The third-order valence-electron chi connectivity index (χ3n) is 3.44. The standard InChI is InChI=1S/C9H19N3/c10-7-3-4-8-6(9(7)11)2-1-5-12-8/h6-9,12H,1-5,10-11H2. The van der Waals surface area contributed by atoms with Gasteiger partial charge in [0.05, 0.1) is 0 Å². The third kappa shape index (κ3) is 1.37. The van der Waals surface area contributed by atoms with E-state index in [2.05, 4.69) is 5.32 Å². The Morgan fingerprint density at radius 2 is 1.92 bits per heavy atom. The molecule has 5 N–H and O–H groups in total. The topological polar surface area (TPSA) is 64.1 Å². The maximum Gasteiger partial charge on any atom is 0.0235 e. The zero-order valence-corrected chi connectivity index (χ0v) is 7.50. The summed E-state index contributed by atoms with van der Waals surface area (Å²) < 4.78 is 0. The van der Waals surface area contributed by atoms with Gasteiger partial charge in [-0.15, -0.1) is 0 Å². The summed E-state index contributed by atoms with van der Waals surface area (Å²) in [5.74, 6) is 0.641. The molecule has 3 nitrogen and oxygen atoms in total. The lowest BCUT2D eigenvalue weighted by atomic mass is 9.74. The Balaban J connectivity index is 2.03. The maximum atomic E-state index is 6.07. The molecule has 0 bridgehead atoms. The molecule has 0 aromatic carbocycles. The lowest BCUT2D eigenvalue weighted by molar-refractivity contribution is 0.167. The first-order valence-electron chi connectivity index (χ1n) is 5.03. The van der Waals surface area contributed by atoms with Gasteiger partial charge in [-0.25, -0.2) is 0 Å². The van der Waals surface area contributed by atoms with Gasteiger partial charge >= 0.3 is 0 Å². The molecular formula is C9H19N3. The summed E-state index contributed by atoms with van der Waals surface area (Å²) in [5.41, 5.74) is 12.0. The van der Waals surface area contributed by atoms with E-state index >= 15 is 0 Å². The van der Waals surface area contributed by atoms with Crippen LogP contribution >= 0.6 is 0 Å². The predicted octanol–water partition coefficient (Wildman–Crippen LogP) is -0.197. The molecule has 0 radical (unpaired) electrons. The number of nitrogens with two attached hydrogens (primary N) is 2. The highest BCUT2D eigenvalue weighted by Gasteiger charge is 2.36. The van der Waals surface area contributed by atoms with Crippen molar-refractivity contribution in [3.63, 3.8) is 0 Å². The molecule has 12 heavy (non-hydrogen) atoms. The van der Waals surface area contributed by atoms with Crippen LogP contribution in [0.15, 0.2) is 0 Å². The molecule has 0 spiro atoms. The Labute approximate surface area is 73.9 Å². The summed E-state index contributed by atoms with van der Waals surface area (Å²) in [4.78, 5) is 0. The lowest BCUT2D eigenvalue weighted by Gasteiger charge is -2.43. The van der Waals surface area contributed by atoms with Crippen molar-refractivity contribution in [2.75, 3.05) is 6.54 Å². The van der Waals surface area contributed by atoms with Crippen LogP contribution in [0.1, 0.15) is 25.7 Å². The van der Waals surface area contributed by atoms with E-state index in [1.165, 1.54) is 25.8 Å². The number of fused-ring (bicyclic) bond motifs is 1. The Morgan fingerprint density at radius 1 is 1.08 bits per heavy atom. The van der Waals surface area contributed by atoms with E-state index in [1.54, 1.807) is 0 Å². The van der Waals surface area contributed by atoms with Crippen molar-refractivity contribution in [1.82, 2.24) is 5.32 Å². The van der Waals surface area contributed by atoms with Crippen LogP contribution in [-0.4, -0.2) is 24.7 Å². The van der Waals surface area contributed by atoms with E-state index in [0.29, 0.717) is 12.0 Å². The van der Waals surface area contributed by atoms with Crippen LogP contribution in [0.4, 0.5) is 0 Å². The van der Waals surface area contributed by atoms with Gasteiger partial charge in [-0.2, -0.15) is 0 Å². The van der Waals surface area contributed by atoms with Gasteiger partial charge in [0, 0.05) is 18.1 Å². The van der Waals surface area contributed by atoms with E-state index in [1.807, 2.05) is 0 Å². The van der Waals surface area contributed by atoms with Gasteiger partial charge in [0.1, 0.15) is 0 Å². The predicted molar refractivity (Wildman–Crippen MR) is 49.7 cm³/mol. The van der Waals surface area contributed by atoms with Gasteiger partial charge in [-0.1, -0.05) is 0 Å². The first-order valence-corrected chi connectivity index (χ1v) is 5.03. The lowest BCUT2D eigenvalue weighted by Crippen LogP contribution is -2.59. The molecule has 4 unspecified atom stereocenters. The summed E-state index contributed by atoms with van der Waals surface area (Å²) >= 11 is 0. The van der Waals surface area contributed by atoms with Gasteiger partial charge in [0.2, 0.25) is 0 Å². The monoisotopic (exact) mass is 169 g/mol. The maximum absolute atomic E-state index is 6.07. The molecule has 1 saturated carbocycles. The quantitative estimate of drug-likeness (QED) is 0.470. The molecule has 1 aliphatic carbocycles. The summed E-state index contributed by atoms with van der Waals surface area (Å²) in [5, 5.41) is 3.54. The van der Waals surface area contributed by atoms with E-state index < -0.39 is 0 Å². The molecule has 1 saturated heterocycles. The smallest absolute Gasteiger partial charge is 0.0235 e. The fraction of sp³-hybridized carbons (Fsp3) is 1.00. The summed E-state index contributed by atoms with van der Waals surface area (Å²) in [6.45, 7) is 1.17. The van der Waals surface area contributed by atoms with Crippen molar-refractivity contribution < 1.29 is 0 Å². The Bertz CT molecular complexity index is 158. The largest absolute Gasteiger partial charge is 0.326 e. The molecule has 2 fully saturated rings. The second-order valence-electron chi connectivity index (χ2n) is 4.19. The van der Waals surface area contributed by atoms with Crippen LogP contribution in [0.2, 0.25) is 0 Å². The number of hydrogen-bond acceptors (Lipinski definition) is 3. The highest BCUT2D eigenvalue weighted by molar-refractivity contribution is 4.97. The zero-order valence-electron chi connectivity index (χ0n) is 7.50. The molecule has 1 heterocycles. The SMILES string of the molecule is NC1CCC2NCCCC2C1N. The number of hydrogen-bond donors (Lipinski definition) is 3. The van der Waals surface area contributed by atoms with Gasteiger partial charge in [0.15, 0.2) is 0 Å². The van der Waals surface area contributed by atoms with Crippen LogP contribution in [0.25, 0.3) is 0 Å². The minimum Gasteiger partial charge on any atom is -0.326 e. The van der Waals surface area contributed by atoms with E-state index in [4.69, 9.17) is 11.5 Å². The number of nitrogens with one attached hydrogen (secondary N) is 1. The number of rotatable bonds is 0. The molecule has 4 atom stereocenters. The van der Waals surface area contributed by atoms with Crippen molar-refractivity contribution in [3.8, 4) is 0 Å². The molecule has 1 aliphatic heterocycles. The van der Waals surface area contributed by atoms with Gasteiger partial charge in [0.25, 0.3) is 0 Å². The van der Waals surface area contributed by atoms with E-state index in [9.17, 15) is 0 Å². The fourth-order valence-corrected chi connectivity index (χ4v) is 2.64. The van der Waals surface area contributed by atoms with Crippen LogP contribution in [0, 0.1) is 5.92 Å². The summed E-state index contributed by atoms with van der Waals surface area (Å²) in [6.07, 6.45) is 4.85. The summed E-state index contributed by atoms with van der Waals surface area (Å²) in [6, 6.07) is 1.14. The third-order valence-corrected chi connectivity index (χ3v) is 3.44. The molecular weight excluding hydrogens is 150 g/mol. The molecule has 0 aromatic rings. The fourth-order valence-electron chi connectivity index (χ4n) is 2.64. The second kappa shape index (κ2) is 3.32. The van der Waals surface area contributed by atoms with Crippen molar-refractivity contribution in [2.24, 2.45) is 17.4 Å². The molecule has 0 amide bonds. The first kappa shape index (κ1) is 8.48. The van der Waals surface area contributed by atoms with Gasteiger partial charge in [-0.3, -0.25) is 0 Å². The van der Waals surface area contributed by atoms with Crippen molar-refractivity contribution in [3.05, 3.63) is 0 Å². The van der Waals surface area contributed by atoms with E-state index in [0.717, 1.165) is 6.42 Å². The minimum absolute atomic E-state index is 0.233. The highest BCUT2D eigenvalue weighted by atomic mass is 15.0. The van der Waals surface area contributed by atoms with Gasteiger partial charge < -0.3 is 16.8 Å². The molecule has 2 aliphatic rings. The van der Waals surface area contributed by atoms with Crippen LogP contribution in [-0.2, 0) is 0 Å². The zero-order chi connectivity index (χ0) is 8.55. The highest BCUT2D eigenvalue weighted by Crippen LogP contribution is 2.29. The van der Waals surface area contributed by atoms with Crippen LogP contribution in [0.5, 0.6) is 0 Å². The summed E-state index contributed by atoms with van der Waals surface area (Å²) in [7, 11) is 0. The van der Waals surface area contributed by atoms with Crippen LogP contribution < -0.4 is 16.8 Å². The second-order valence-corrected chi connectivity index (χ2v) is 4.19. The average Bonchev–Trinajstić information content (AvgIpc) is 2.12. The van der Waals surface area contributed by atoms with Gasteiger partial charge in [-0.05, 0) is 38.1 Å².